The lowest BCUT2D eigenvalue weighted by molar-refractivity contribution is 0.0637. The van der Waals surface area contributed by atoms with Gasteiger partial charge < -0.3 is 14.2 Å². The highest BCUT2D eigenvalue weighted by Gasteiger charge is 2.14. The van der Waals surface area contributed by atoms with Gasteiger partial charge in [-0.15, -0.1) is 0 Å². The molecule has 3 rings (SSSR count). The van der Waals surface area contributed by atoms with E-state index < -0.39 is 5.97 Å². The summed E-state index contributed by atoms with van der Waals surface area (Å²) in [6.45, 7) is 9.17. The lowest BCUT2D eigenvalue weighted by Gasteiger charge is -2.16. The zero-order valence-corrected chi connectivity index (χ0v) is 20.8. The standard InChI is InChI=1S/C30H36O4/c1-5-7-21-32-23(4)24-13-15-25(16-14-24)26-17-19-27(20-18-26)30(31)34-29-12-9-8-11-28(29)33-22(3)10-6-2/h8-9,11-20,22-23H,5-7,10,21H2,1-4H3. The number of hydrogen-bond acceptors (Lipinski definition) is 4. The second-order valence-corrected chi connectivity index (χ2v) is 8.62. The van der Waals surface area contributed by atoms with Gasteiger partial charge in [-0.3, -0.25) is 0 Å². The number of hydrogen-bond donors (Lipinski definition) is 0. The van der Waals surface area contributed by atoms with E-state index in [2.05, 4.69) is 45.0 Å². The van der Waals surface area contributed by atoms with Gasteiger partial charge in [0.1, 0.15) is 0 Å². The van der Waals surface area contributed by atoms with Crippen molar-refractivity contribution in [1.82, 2.24) is 0 Å². The number of carbonyl (C=O) groups excluding carboxylic acids is 1. The molecule has 0 saturated carbocycles. The zero-order valence-electron chi connectivity index (χ0n) is 20.8. The van der Waals surface area contributed by atoms with Crippen molar-refractivity contribution in [2.75, 3.05) is 6.61 Å². The third-order valence-corrected chi connectivity index (χ3v) is 5.77. The molecule has 3 aromatic carbocycles. The quantitative estimate of drug-likeness (QED) is 0.156. The Labute approximate surface area is 203 Å². The van der Waals surface area contributed by atoms with Gasteiger partial charge in [0.15, 0.2) is 11.5 Å². The van der Waals surface area contributed by atoms with Gasteiger partial charge in [0.05, 0.1) is 17.8 Å². The molecule has 0 bridgehead atoms. The van der Waals surface area contributed by atoms with Gasteiger partial charge in [0.2, 0.25) is 0 Å². The molecule has 0 N–H and O–H groups in total. The first-order valence-corrected chi connectivity index (χ1v) is 12.3. The molecule has 0 aromatic heterocycles. The van der Waals surface area contributed by atoms with Crippen LogP contribution < -0.4 is 9.47 Å². The van der Waals surface area contributed by atoms with Crippen LogP contribution in [-0.2, 0) is 4.74 Å². The van der Waals surface area contributed by atoms with E-state index >= 15 is 0 Å². The Hall–Kier alpha value is -3.11. The minimum absolute atomic E-state index is 0.0569. The predicted molar refractivity (Wildman–Crippen MR) is 138 cm³/mol. The van der Waals surface area contributed by atoms with Crippen molar-refractivity contribution in [2.45, 2.75) is 65.6 Å². The molecule has 0 aliphatic carbocycles. The first kappa shape index (κ1) is 25.5. The number of para-hydroxylation sites is 2. The molecule has 4 nitrogen and oxygen atoms in total. The van der Waals surface area contributed by atoms with Gasteiger partial charge in [-0.25, -0.2) is 4.79 Å². The van der Waals surface area contributed by atoms with Crippen molar-refractivity contribution >= 4 is 5.97 Å². The van der Waals surface area contributed by atoms with Crippen molar-refractivity contribution in [1.29, 1.82) is 0 Å². The Morgan fingerprint density at radius 1 is 0.794 bits per heavy atom. The topological polar surface area (TPSA) is 44.8 Å². The van der Waals surface area contributed by atoms with Gasteiger partial charge in [0.25, 0.3) is 0 Å². The van der Waals surface area contributed by atoms with E-state index in [4.69, 9.17) is 14.2 Å². The molecule has 34 heavy (non-hydrogen) atoms. The summed E-state index contributed by atoms with van der Waals surface area (Å²) in [6.07, 6.45) is 4.32. The minimum atomic E-state index is -0.404. The SMILES string of the molecule is CCCCOC(C)c1ccc(-c2ccc(C(=O)Oc3ccccc3OC(C)CCC)cc2)cc1. The average molecular weight is 461 g/mol. The number of carbonyl (C=O) groups is 1. The zero-order chi connectivity index (χ0) is 24.3. The molecule has 0 saturated heterocycles. The van der Waals surface area contributed by atoms with Crippen LogP contribution in [0.4, 0.5) is 0 Å². The Balaban J connectivity index is 1.64. The van der Waals surface area contributed by atoms with Crippen molar-refractivity contribution < 1.29 is 19.0 Å². The molecule has 0 heterocycles. The van der Waals surface area contributed by atoms with Crippen LogP contribution in [0.1, 0.15) is 75.4 Å². The number of unbranched alkanes of at least 4 members (excludes halogenated alkanes) is 1. The maximum absolute atomic E-state index is 12.8. The summed E-state index contributed by atoms with van der Waals surface area (Å²) < 4.78 is 17.5. The number of esters is 1. The largest absolute Gasteiger partial charge is 0.487 e. The van der Waals surface area contributed by atoms with Gasteiger partial charge in [-0.05, 0) is 67.6 Å². The average Bonchev–Trinajstić information content (AvgIpc) is 2.85. The fourth-order valence-corrected chi connectivity index (χ4v) is 3.72. The molecule has 180 valence electrons. The monoisotopic (exact) mass is 460 g/mol. The number of benzene rings is 3. The van der Waals surface area contributed by atoms with Crippen LogP contribution in [0.25, 0.3) is 11.1 Å². The molecule has 2 unspecified atom stereocenters. The second-order valence-electron chi connectivity index (χ2n) is 8.62. The molecule has 0 radical (unpaired) electrons. The van der Waals surface area contributed by atoms with E-state index in [-0.39, 0.29) is 12.2 Å². The van der Waals surface area contributed by atoms with Crippen LogP contribution in [0.2, 0.25) is 0 Å². The van der Waals surface area contributed by atoms with Gasteiger partial charge in [-0.1, -0.05) is 75.2 Å². The highest BCUT2D eigenvalue weighted by Crippen LogP contribution is 2.29. The summed E-state index contributed by atoms with van der Waals surface area (Å²) in [5, 5.41) is 0. The molecule has 0 aliphatic heterocycles. The summed E-state index contributed by atoms with van der Waals surface area (Å²) in [5.74, 6) is 0.617. The molecular weight excluding hydrogens is 424 g/mol. The highest BCUT2D eigenvalue weighted by molar-refractivity contribution is 5.92. The summed E-state index contributed by atoms with van der Waals surface area (Å²) in [5.41, 5.74) is 3.79. The Bertz CT molecular complexity index is 1020. The van der Waals surface area contributed by atoms with E-state index in [9.17, 15) is 4.79 Å². The predicted octanol–water partition coefficient (Wildman–Crippen LogP) is 8.02. The van der Waals surface area contributed by atoms with Crippen molar-refractivity contribution in [3.63, 3.8) is 0 Å². The van der Waals surface area contributed by atoms with E-state index in [0.29, 0.717) is 17.1 Å². The van der Waals surface area contributed by atoms with Gasteiger partial charge >= 0.3 is 5.97 Å². The Kier molecular flexibility index (Phi) is 9.72. The molecule has 0 aliphatic rings. The van der Waals surface area contributed by atoms with Gasteiger partial charge in [0, 0.05) is 6.61 Å². The Morgan fingerprint density at radius 3 is 2.03 bits per heavy atom. The molecule has 3 aromatic rings. The minimum Gasteiger partial charge on any atom is -0.487 e. The van der Waals surface area contributed by atoms with E-state index in [1.807, 2.05) is 37.3 Å². The molecule has 2 atom stereocenters. The summed E-state index contributed by atoms with van der Waals surface area (Å²) in [6, 6.07) is 23.2. The van der Waals surface area contributed by atoms with Gasteiger partial charge in [-0.2, -0.15) is 0 Å². The maximum atomic E-state index is 12.8. The smallest absolute Gasteiger partial charge is 0.343 e. The van der Waals surface area contributed by atoms with Crippen molar-refractivity contribution in [3.05, 3.63) is 83.9 Å². The molecule has 4 heteroatoms. The van der Waals surface area contributed by atoms with E-state index in [1.54, 1.807) is 18.2 Å². The number of rotatable bonds is 12. The lowest BCUT2D eigenvalue weighted by Crippen LogP contribution is -2.14. The Morgan fingerprint density at radius 2 is 1.41 bits per heavy atom. The highest BCUT2D eigenvalue weighted by atomic mass is 16.6. The van der Waals surface area contributed by atoms with Crippen LogP contribution in [-0.4, -0.2) is 18.7 Å². The number of ether oxygens (including phenoxy) is 3. The summed E-state index contributed by atoms with van der Waals surface area (Å²) in [7, 11) is 0. The van der Waals surface area contributed by atoms with Crippen LogP contribution in [0, 0.1) is 0 Å². The van der Waals surface area contributed by atoms with Crippen LogP contribution in [0.15, 0.2) is 72.8 Å². The third kappa shape index (κ3) is 7.19. The normalized spacial score (nSPS) is 12.7. The first-order chi connectivity index (χ1) is 16.5. The third-order valence-electron chi connectivity index (χ3n) is 5.77. The van der Waals surface area contributed by atoms with Crippen LogP contribution in [0.3, 0.4) is 0 Å². The van der Waals surface area contributed by atoms with Crippen LogP contribution in [0.5, 0.6) is 11.5 Å². The van der Waals surface area contributed by atoms with E-state index in [1.165, 1.54) is 0 Å². The fraction of sp³-hybridized carbons (Fsp3) is 0.367. The fourth-order valence-electron chi connectivity index (χ4n) is 3.72. The summed E-state index contributed by atoms with van der Waals surface area (Å²) in [4.78, 5) is 12.8. The van der Waals surface area contributed by atoms with Crippen LogP contribution >= 0.6 is 0 Å². The molecular formula is C30H36O4. The molecule has 0 amide bonds. The first-order valence-electron chi connectivity index (χ1n) is 12.3. The van der Waals surface area contributed by atoms with E-state index in [0.717, 1.165) is 49.0 Å². The molecule has 0 fully saturated rings. The maximum Gasteiger partial charge on any atom is 0.343 e. The summed E-state index contributed by atoms with van der Waals surface area (Å²) >= 11 is 0. The second kappa shape index (κ2) is 13.0. The lowest BCUT2D eigenvalue weighted by atomic mass is 10.0. The van der Waals surface area contributed by atoms with Crippen molar-refractivity contribution in [2.24, 2.45) is 0 Å². The van der Waals surface area contributed by atoms with Crippen molar-refractivity contribution in [3.8, 4) is 22.6 Å². The molecule has 0 spiro atoms.